The molecule has 1 aliphatic rings. The van der Waals surface area contributed by atoms with Crippen molar-refractivity contribution in [3.8, 4) is 0 Å². The lowest BCUT2D eigenvalue weighted by atomic mass is 9.85. The Kier molecular flexibility index (Phi) is 7.10. The van der Waals surface area contributed by atoms with E-state index in [9.17, 15) is 9.59 Å². The first-order valence-corrected chi connectivity index (χ1v) is 10.3. The van der Waals surface area contributed by atoms with Gasteiger partial charge in [0.15, 0.2) is 0 Å². The number of aryl methyl sites for hydroxylation is 1. The molecule has 0 radical (unpaired) electrons. The van der Waals surface area contributed by atoms with Crippen LogP contribution in [0.5, 0.6) is 0 Å². The van der Waals surface area contributed by atoms with Crippen molar-refractivity contribution < 1.29 is 9.59 Å². The van der Waals surface area contributed by atoms with Crippen LogP contribution in [0.2, 0.25) is 5.02 Å². The standard InChI is InChI=1S/C23H27ClN2O2/c24-20-10-8-19(9-11-20)17-23(15-13-22(28)26-23)14-12-21(27)25-16-4-7-18-5-2-1-3-6-18/h1-3,5-6,8-11H,4,7,12-17H2,(H,25,27)(H,26,28)/t23-/m1/s1. The summed E-state index contributed by atoms with van der Waals surface area (Å²) < 4.78 is 0. The van der Waals surface area contributed by atoms with E-state index in [0.29, 0.717) is 30.8 Å². The lowest BCUT2D eigenvalue weighted by molar-refractivity contribution is -0.122. The van der Waals surface area contributed by atoms with Crippen LogP contribution in [0.4, 0.5) is 0 Å². The molecule has 1 heterocycles. The van der Waals surface area contributed by atoms with E-state index in [1.165, 1.54) is 5.56 Å². The SMILES string of the molecule is O=C(CC[C@]1(Cc2ccc(Cl)cc2)CCC(=O)N1)NCCCc1ccccc1. The third-order valence-corrected chi connectivity index (χ3v) is 5.58. The van der Waals surface area contributed by atoms with Gasteiger partial charge in [0, 0.05) is 29.9 Å². The van der Waals surface area contributed by atoms with Crippen LogP contribution in [0, 0.1) is 0 Å². The molecule has 1 saturated heterocycles. The number of carbonyl (C=O) groups excluding carboxylic acids is 2. The predicted octanol–water partition coefficient (Wildman–Crippen LogP) is 4.06. The zero-order valence-corrected chi connectivity index (χ0v) is 16.8. The van der Waals surface area contributed by atoms with Gasteiger partial charge in [0.05, 0.1) is 0 Å². The average molecular weight is 399 g/mol. The van der Waals surface area contributed by atoms with Crippen molar-refractivity contribution >= 4 is 23.4 Å². The minimum absolute atomic E-state index is 0.0460. The molecule has 28 heavy (non-hydrogen) atoms. The van der Waals surface area contributed by atoms with Gasteiger partial charge >= 0.3 is 0 Å². The van der Waals surface area contributed by atoms with Crippen molar-refractivity contribution in [2.75, 3.05) is 6.54 Å². The largest absolute Gasteiger partial charge is 0.356 e. The molecule has 3 rings (SSSR count). The van der Waals surface area contributed by atoms with Gasteiger partial charge in [-0.3, -0.25) is 9.59 Å². The van der Waals surface area contributed by atoms with E-state index in [1.807, 2.05) is 42.5 Å². The van der Waals surface area contributed by atoms with E-state index >= 15 is 0 Å². The zero-order chi connectivity index (χ0) is 19.8. The second-order valence-electron chi connectivity index (χ2n) is 7.57. The highest BCUT2D eigenvalue weighted by Crippen LogP contribution is 2.30. The number of amides is 2. The highest BCUT2D eigenvalue weighted by molar-refractivity contribution is 6.30. The van der Waals surface area contributed by atoms with Crippen molar-refractivity contribution in [1.82, 2.24) is 10.6 Å². The van der Waals surface area contributed by atoms with Gasteiger partial charge in [-0.05, 0) is 55.4 Å². The van der Waals surface area contributed by atoms with Crippen LogP contribution in [0.15, 0.2) is 54.6 Å². The molecular weight excluding hydrogens is 372 g/mol. The van der Waals surface area contributed by atoms with Crippen molar-refractivity contribution in [2.45, 2.75) is 50.5 Å². The highest BCUT2D eigenvalue weighted by atomic mass is 35.5. The molecule has 1 fully saturated rings. The summed E-state index contributed by atoms with van der Waals surface area (Å²) in [5, 5.41) is 6.83. The molecule has 2 aromatic carbocycles. The molecule has 0 bridgehead atoms. The number of halogens is 1. The lowest BCUT2D eigenvalue weighted by Crippen LogP contribution is -2.44. The minimum atomic E-state index is -0.341. The molecule has 0 unspecified atom stereocenters. The van der Waals surface area contributed by atoms with Crippen molar-refractivity contribution in [2.24, 2.45) is 0 Å². The Labute approximate surface area is 171 Å². The summed E-state index contributed by atoms with van der Waals surface area (Å²) in [4.78, 5) is 24.2. The Morgan fingerprint density at radius 3 is 2.50 bits per heavy atom. The minimum Gasteiger partial charge on any atom is -0.356 e. The molecule has 0 spiro atoms. The van der Waals surface area contributed by atoms with E-state index < -0.39 is 0 Å². The van der Waals surface area contributed by atoms with Gasteiger partial charge in [0.25, 0.3) is 0 Å². The summed E-state index contributed by atoms with van der Waals surface area (Å²) in [5.41, 5.74) is 2.06. The Morgan fingerprint density at radius 2 is 1.82 bits per heavy atom. The Balaban J connectivity index is 1.46. The Morgan fingerprint density at radius 1 is 1.07 bits per heavy atom. The topological polar surface area (TPSA) is 58.2 Å². The first-order chi connectivity index (χ1) is 13.5. The zero-order valence-electron chi connectivity index (χ0n) is 16.0. The quantitative estimate of drug-likeness (QED) is 0.626. The lowest BCUT2D eigenvalue weighted by Gasteiger charge is -2.29. The monoisotopic (exact) mass is 398 g/mol. The molecule has 2 amide bonds. The van der Waals surface area contributed by atoms with Crippen molar-refractivity contribution in [1.29, 1.82) is 0 Å². The molecule has 2 N–H and O–H groups in total. The second-order valence-corrected chi connectivity index (χ2v) is 8.01. The third kappa shape index (κ3) is 6.10. The molecule has 1 atom stereocenters. The third-order valence-electron chi connectivity index (χ3n) is 5.33. The van der Waals surface area contributed by atoms with Crippen LogP contribution in [0.25, 0.3) is 0 Å². The summed E-state index contributed by atoms with van der Waals surface area (Å²) in [6.45, 7) is 0.671. The number of carbonyl (C=O) groups is 2. The van der Waals surface area contributed by atoms with Crippen LogP contribution >= 0.6 is 11.6 Å². The smallest absolute Gasteiger partial charge is 0.220 e. The molecule has 2 aromatic rings. The highest BCUT2D eigenvalue weighted by Gasteiger charge is 2.37. The molecule has 1 aliphatic heterocycles. The van der Waals surface area contributed by atoms with Crippen molar-refractivity contribution in [3.05, 3.63) is 70.7 Å². The summed E-state index contributed by atoms with van der Waals surface area (Å²) in [7, 11) is 0. The van der Waals surface area contributed by atoms with Gasteiger partial charge in [0.1, 0.15) is 0 Å². The summed E-state index contributed by atoms with van der Waals surface area (Å²) in [6, 6.07) is 18.0. The van der Waals surface area contributed by atoms with Gasteiger partial charge in [-0.25, -0.2) is 0 Å². The van der Waals surface area contributed by atoms with Crippen LogP contribution in [0.1, 0.15) is 43.2 Å². The van der Waals surface area contributed by atoms with Crippen LogP contribution in [0.3, 0.4) is 0 Å². The van der Waals surface area contributed by atoms with E-state index in [2.05, 4.69) is 22.8 Å². The molecule has 0 aromatic heterocycles. The fraction of sp³-hybridized carbons (Fsp3) is 0.391. The van der Waals surface area contributed by atoms with Crippen LogP contribution in [-0.4, -0.2) is 23.9 Å². The van der Waals surface area contributed by atoms with Gasteiger partial charge in [-0.15, -0.1) is 0 Å². The van der Waals surface area contributed by atoms with Gasteiger partial charge < -0.3 is 10.6 Å². The maximum Gasteiger partial charge on any atom is 0.220 e. The van der Waals surface area contributed by atoms with Gasteiger partial charge in [-0.1, -0.05) is 54.1 Å². The number of nitrogens with one attached hydrogen (secondary N) is 2. The van der Waals surface area contributed by atoms with Crippen LogP contribution in [-0.2, 0) is 22.4 Å². The van der Waals surface area contributed by atoms with Gasteiger partial charge in [0.2, 0.25) is 11.8 Å². The number of benzene rings is 2. The van der Waals surface area contributed by atoms with Crippen molar-refractivity contribution in [3.63, 3.8) is 0 Å². The number of rotatable bonds is 9. The molecule has 0 aliphatic carbocycles. The van der Waals surface area contributed by atoms with E-state index in [4.69, 9.17) is 11.6 Å². The number of hydrogen-bond acceptors (Lipinski definition) is 2. The fourth-order valence-corrected chi connectivity index (χ4v) is 3.91. The van der Waals surface area contributed by atoms with E-state index in [0.717, 1.165) is 31.2 Å². The normalized spacial score (nSPS) is 18.7. The maximum atomic E-state index is 12.3. The Bertz CT molecular complexity index is 792. The predicted molar refractivity (Wildman–Crippen MR) is 112 cm³/mol. The molecule has 4 nitrogen and oxygen atoms in total. The maximum absolute atomic E-state index is 12.3. The van der Waals surface area contributed by atoms with Crippen LogP contribution < -0.4 is 10.6 Å². The second kappa shape index (κ2) is 9.74. The number of hydrogen-bond donors (Lipinski definition) is 2. The Hall–Kier alpha value is -2.33. The first kappa shape index (κ1) is 20.4. The molecule has 0 saturated carbocycles. The molecule has 148 valence electrons. The molecule has 5 heteroatoms. The average Bonchev–Trinajstić information content (AvgIpc) is 3.07. The van der Waals surface area contributed by atoms with E-state index in [-0.39, 0.29) is 17.4 Å². The van der Waals surface area contributed by atoms with Gasteiger partial charge in [-0.2, -0.15) is 0 Å². The summed E-state index contributed by atoms with van der Waals surface area (Å²) in [6.07, 6.45) is 4.93. The fourth-order valence-electron chi connectivity index (χ4n) is 3.78. The summed E-state index contributed by atoms with van der Waals surface area (Å²) in [5.74, 6) is 0.113. The summed E-state index contributed by atoms with van der Waals surface area (Å²) >= 11 is 5.97. The van der Waals surface area contributed by atoms with E-state index in [1.54, 1.807) is 0 Å². The molecular formula is C23H27ClN2O2. The first-order valence-electron chi connectivity index (χ1n) is 9.91.